The second-order valence-electron chi connectivity index (χ2n) is 7.75. The van der Waals surface area contributed by atoms with Gasteiger partial charge in [-0.15, -0.1) is 0 Å². The molecule has 1 amide bonds. The third kappa shape index (κ3) is 11.3. The van der Waals surface area contributed by atoms with Gasteiger partial charge in [0.05, 0.1) is 0 Å². The number of carboxylic acid groups (broad SMARTS) is 1. The molecule has 1 aliphatic carbocycles. The molecule has 0 aromatic rings. The topological polar surface area (TPSA) is 66.4 Å². The van der Waals surface area contributed by atoms with Crippen LogP contribution in [0.4, 0.5) is 0 Å². The average molecular weight is 366 g/mol. The largest absolute Gasteiger partial charge is 0.478 e. The molecule has 150 valence electrons. The molecule has 1 saturated carbocycles. The highest BCUT2D eigenvalue weighted by Gasteiger charge is 2.18. The fourth-order valence-electron chi connectivity index (χ4n) is 3.73. The highest BCUT2D eigenvalue weighted by molar-refractivity contribution is 5.99. The lowest BCUT2D eigenvalue weighted by atomic mass is 9.95. The lowest BCUT2D eigenvalue weighted by Gasteiger charge is -2.23. The maximum atomic E-state index is 12.4. The number of nitrogens with one attached hydrogen (secondary N) is 1. The number of carbonyl (C=O) groups is 2. The highest BCUT2D eigenvalue weighted by Crippen LogP contribution is 2.19. The molecule has 0 aromatic carbocycles. The van der Waals surface area contributed by atoms with E-state index in [1.54, 1.807) is 0 Å². The van der Waals surface area contributed by atoms with E-state index in [9.17, 15) is 9.59 Å². The summed E-state index contributed by atoms with van der Waals surface area (Å²) in [6, 6.07) is 0.223. The van der Waals surface area contributed by atoms with E-state index in [1.165, 1.54) is 57.8 Å². The molecule has 0 atom stereocenters. The monoisotopic (exact) mass is 365 g/mol. The minimum Gasteiger partial charge on any atom is -0.478 e. The fraction of sp³-hybridized carbons (Fsp3) is 0.818. The van der Waals surface area contributed by atoms with Crippen molar-refractivity contribution in [3.8, 4) is 0 Å². The lowest BCUT2D eigenvalue weighted by Crippen LogP contribution is -2.37. The van der Waals surface area contributed by atoms with Gasteiger partial charge in [0.15, 0.2) is 0 Å². The van der Waals surface area contributed by atoms with Gasteiger partial charge in [-0.2, -0.15) is 0 Å². The molecule has 4 nitrogen and oxygen atoms in total. The molecular formula is C22H39NO3. The number of carbonyl (C=O) groups excluding carboxylic acids is 1. The Morgan fingerprint density at radius 2 is 1.42 bits per heavy atom. The molecule has 1 fully saturated rings. The van der Waals surface area contributed by atoms with Crippen molar-refractivity contribution in [3.05, 3.63) is 11.6 Å². The summed E-state index contributed by atoms with van der Waals surface area (Å²) in [5.74, 6) is -1.19. The summed E-state index contributed by atoms with van der Waals surface area (Å²) in [7, 11) is 0. The molecule has 1 aliphatic rings. The zero-order chi connectivity index (χ0) is 19.0. The first-order valence-electron chi connectivity index (χ1n) is 10.9. The summed E-state index contributed by atoms with van der Waals surface area (Å²) in [5.41, 5.74) is 0.433. The van der Waals surface area contributed by atoms with Crippen molar-refractivity contribution in [2.24, 2.45) is 0 Å². The molecular weight excluding hydrogens is 326 g/mol. The van der Waals surface area contributed by atoms with E-state index in [0.29, 0.717) is 12.0 Å². The zero-order valence-corrected chi connectivity index (χ0v) is 16.7. The molecule has 0 aliphatic heterocycles. The summed E-state index contributed by atoms with van der Waals surface area (Å²) < 4.78 is 0. The van der Waals surface area contributed by atoms with Gasteiger partial charge >= 0.3 is 5.97 Å². The van der Waals surface area contributed by atoms with Crippen LogP contribution in [0.15, 0.2) is 11.6 Å². The lowest BCUT2D eigenvalue weighted by molar-refractivity contribution is -0.132. The van der Waals surface area contributed by atoms with Crippen molar-refractivity contribution in [2.45, 2.75) is 116 Å². The van der Waals surface area contributed by atoms with E-state index < -0.39 is 5.97 Å². The quantitative estimate of drug-likeness (QED) is 0.304. The fourth-order valence-corrected chi connectivity index (χ4v) is 3.73. The highest BCUT2D eigenvalue weighted by atomic mass is 16.4. The molecule has 0 saturated heterocycles. The molecule has 0 unspecified atom stereocenters. The molecule has 0 spiro atoms. The SMILES string of the molecule is CCCCCCCCCCCCC(=CC(=O)O)C(=O)NC1CCCCC1. The standard InChI is InChI=1S/C22H39NO3/c1-2-3-4-5-6-7-8-9-10-12-15-19(18-21(24)25)22(26)23-20-16-13-11-14-17-20/h18,20H,2-17H2,1H3,(H,23,26)(H,24,25). The van der Waals surface area contributed by atoms with Crippen LogP contribution in [0, 0.1) is 0 Å². The van der Waals surface area contributed by atoms with Gasteiger partial charge in [-0.05, 0) is 25.7 Å². The zero-order valence-electron chi connectivity index (χ0n) is 16.7. The molecule has 1 rings (SSSR count). The predicted octanol–water partition coefficient (Wildman–Crippen LogP) is 5.76. The maximum Gasteiger partial charge on any atom is 0.328 e. The summed E-state index contributed by atoms with van der Waals surface area (Å²) in [5, 5.41) is 12.1. The predicted molar refractivity (Wildman–Crippen MR) is 107 cm³/mol. The van der Waals surface area contributed by atoms with Crippen LogP contribution < -0.4 is 5.32 Å². The van der Waals surface area contributed by atoms with Gasteiger partial charge in [0.25, 0.3) is 0 Å². The van der Waals surface area contributed by atoms with Crippen molar-refractivity contribution in [3.63, 3.8) is 0 Å². The minimum atomic E-state index is -1.02. The van der Waals surface area contributed by atoms with E-state index in [-0.39, 0.29) is 11.9 Å². The van der Waals surface area contributed by atoms with Crippen LogP contribution in [-0.4, -0.2) is 23.0 Å². The summed E-state index contributed by atoms with van der Waals surface area (Å²) in [4.78, 5) is 23.4. The Morgan fingerprint density at radius 1 is 0.885 bits per heavy atom. The van der Waals surface area contributed by atoms with Gasteiger partial charge in [0.2, 0.25) is 5.91 Å². The van der Waals surface area contributed by atoms with Crippen molar-refractivity contribution >= 4 is 11.9 Å². The van der Waals surface area contributed by atoms with Gasteiger partial charge in [0.1, 0.15) is 0 Å². The van der Waals surface area contributed by atoms with E-state index >= 15 is 0 Å². The smallest absolute Gasteiger partial charge is 0.328 e. The van der Waals surface area contributed by atoms with Crippen molar-refractivity contribution < 1.29 is 14.7 Å². The molecule has 0 aromatic heterocycles. The van der Waals surface area contributed by atoms with Crippen LogP contribution in [-0.2, 0) is 9.59 Å². The van der Waals surface area contributed by atoms with E-state index in [1.807, 2.05) is 0 Å². The number of unbranched alkanes of at least 4 members (excludes halogenated alkanes) is 9. The van der Waals surface area contributed by atoms with Crippen LogP contribution in [0.5, 0.6) is 0 Å². The Morgan fingerprint density at radius 3 is 1.96 bits per heavy atom. The number of carboxylic acids is 1. The molecule has 26 heavy (non-hydrogen) atoms. The van der Waals surface area contributed by atoms with E-state index in [2.05, 4.69) is 12.2 Å². The molecule has 0 heterocycles. The summed E-state index contributed by atoms with van der Waals surface area (Å²) in [6.07, 6.45) is 19.6. The second kappa shape index (κ2) is 14.8. The van der Waals surface area contributed by atoms with Crippen molar-refractivity contribution in [1.82, 2.24) is 5.32 Å². The second-order valence-corrected chi connectivity index (χ2v) is 7.75. The van der Waals surface area contributed by atoms with Gasteiger partial charge in [-0.25, -0.2) is 4.79 Å². The Kier molecular flexibility index (Phi) is 12.9. The molecule has 4 heteroatoms. The number of amides is 1. The number of hydrogen-bond donors (Lipinski definition) is 2. The first-order chi connectivity index (χ1) is 12.6. The summed E-state index contributed by atoms with van der Waals surface area (Å²) in [6.45, 7) is 2.24. The number of rotatable bonds is 14. The van der Waals surface area contributed by atoms with Gasteiger partial charge in [0, 0.05) is 17.7 Å². The number of aliphatic carboxylic acids is 1. The van der Waals surface area contributed by atoms with Crippen molar-refractivity contribution in [1.29, 1.82) is 0 Å². The Balaban J connectivity index is 2.19. The number of hydrogen-bond acceptors (Lipinski definition) is 2. The minimum absolute atomic E-state index is 0.171. The van der Waals surface area contributed by atoms with E-state index in [4.69, 9.17) is 5.11 Å². The Hall–Kier alpha value is -1.32. The van der Waals surface area contributed by atoms with Gasteiger partial charge in [-0.1, -0.05) is 84.0 Å². The van der Waals surface area contributed by atoms with Gasteiger partial charge < -0.3 is 10.4 Å². The van der Waals surface area contributed by atoms with Gasteiger partial charge in [-0.3, -0.25) is 4.79 Å². The maximum absolute atomic E-state index is 12.4. The third-order valence-electron chi connectivity index (χ3n) is 5.33. The van der Waals surface area contributed by atoms with Crippen molar-refractivity contribution in [2.75, 3.05) is 0 Å². The Labute approximate surface area is 159 Å². The Bertz CT molecular complexity index is 425. The first-order valence-corrected chi connectivity index (χ1v) is 10.9. The van der Waals surface area contributed by atoms with E-state index in [0.717, 1.165) is 44.6 Å². The van der Waals surface area contributed by atoms with Crippen LogP contribution >= 0.6 is 0 Å². The summed E-state index contributed by atoms with van der Waals surface area (Å²) >= 11 is 0. The normalized spacial score (nSPS) is 15.8. The first kappa shape index (κ1) is 22.7. The van der Waals surface area contributed by atoms with Crippen LogP contribution in [0.25, 0.3) is 0 Å². The molecule has 0 radical (unpaired) electrons. The third-order valence-corrected chi connectivity index (χ3v) is 5.33. The molecule has 2 N–H and O–H groups in total. The van der Waals surface area contributed by atoms with Crippen LogP contribution in [0.1, 0.15) is 110 Å². The van der Waals surface area contributed by atoms with Crippen LogP contribution in [0.3, 0.4) is 0 Å². The van der Waals surface area contributed by atoms with Crippen LogP contribution in [0.2, 0.25) is 0 Å². The average Bonchev–Trinajstić information content (AvgIpc) is 2.62. The molecule has 0 bridgehead atoms.